The number of fused-ring (bicyclic) bond motifs is 1. The number of nitrogens with one attached hydrogen (secondary N) is 1. The Bertz CT molecular complexity index is 1480. The summed E-state index contributed by atoms with van der Waals surface area (Å²) in [6.07, 6.45) is 1.66. The Morgan fingerprint density at radius 2 is 1.92 bits per heavy atom. The standard InChI is InChI=1S/C29H26ClN3O4/c1-4-13-37-23-12-9-19(14-24(23)36-3)28-25-26(21-15-20(30)10-11-22(21)34)31-32-27(25)29(35)33(28)16-18-7-5-17(2)6-8-18/h4-12,14-15,28,34H,1,13,16H2,2-3H3,(H,31,32). The Balaban J connectivity index is 1.66. The first-order valence-corrected chi connectivity index (χ1v) is 12.1. The largest absolute Gasteiger partial charge is 0.507 e. The molecule has 188 valence electrons. The number of phenols is 1. The highest BCUT2D eigenvalue weighted by molar-refractivity contribution is 6.31. The van der Waals surface area contributed by atoms with Crippen molar-refractivity contribution in [2.75, 3.05) is 13.7 Å². The van der Waals surface area contributed by atoms with Gasteiger partial charge in [-0.05, 0) is 48.4 Å². The van der Waals surface area contributed by atoms with Crippen LogP contribution in [0.2, 0.25) is 5.02 Å². The third-order valence-corrected chi connectivity index (χ3v) is 6.65. The third-order valence-electron chi connectivity index (χ3n) is 6.41. The molecule has 0 spiro atoms. The van der Waals surface area contributed by atoms with Gasteiger partial charge in [-0.3, -0.25) is 9.89 Å². The fourth-order valence-electron chi connectivity index (χ4n) is 4.62. The summed E-state index contributed by atoms with van der Waals surface area (Å²) in [6, 6.07) is 17.9. The van der Waals surface area contributed by atoms with Gasteiger partial charge in [0.2, 0.25) is 0 Å². The normalized spacial score (nSPS) is 14.5. The number of aromatic hydroxyl groups is 1. The van der Waals surface area contributed by atoms with Crippen molar-refractivity contribution < 1.29 is 19.4 Å². The number of aromatic nitrogens is 2. The summed E-state index contributed by atoms with van der Waals surface area (Å²) in [7, 11) is 1.57. The number of hydrogen-bond acceptors (Lipinski definition) is 5. The zero-order valence-corrected chi connectivity index (χ0v) is 21.2. The fraction of sp³-hybridized carbons (Fsp3) is 0.172. The molecule has 1 aliphatic heterocycles. The van der Waals surface area contributed by atoms with E-state index in [9.17, 15) is 9.90 Å². The molecular weight excluding hydrogens is 490 g/mol. The molecule has 1 aromatic heterocycles. The van der Waals surface area contributed by atoms with Gasteiger partial charge in [0.1, 0.15) is 23.7 Å². The summed E-state index contributed by atoms with van der Waals surface area (Å²) in [4.78, 5) is 15.5. The van der Waals surface area contributed by atoms with Crippen LogP contribution in [0.4, 0.5) is 0 Å². The second kappa shape index (κ2) is 10.0. The van der Waals surface area contributed by atoms with Gasteiger partial charge in [-0.25, -0.2) is 0 Å². The zero-order valence-electron chi connectivity index (χ0n) is 20.5. The summed E-state index contributed by atoms with van der Waals surface area (Å²) in [5, 5.41) is 18.4. The average Bonchev–Trinajstić information content (AvgIpc) is 3.44. The van der Waals surface area contributed by atoms with Gasteiger partial charge in [0, 0.05) is 22.7 Å². The van der Waals surface area contributed by atoms with Crippen molar-refractivity contribution >= 4 is 17.5 Å². The second-order valence-electron chi connectivity index (χ2n) is 8.85. The number of amides is 1. The van der Waals surface area contributed by atoms with Crippen molar-refractivity contribution in [2.45, 2.75) is 19.5 Å². The van der Waals surface area contributed by atoms with E-state index >= 15 is 0 Å². The maximum atomic E-state index is 13.7. The Morgan fingerprint density at radius 3 is 2.65 bits per heavy atom. The molecule has 3 aromatic carbocycles. The van der Waals surface area contributed by atoms with Crippen LogP contribution in [0.5, 0.6) is 17.2 Å². The van der Waals surface area contributed by atoms with Crippen molar-refractivity contribution in [1.29, 1.82) is 0 Å². The Morgan fingerprint density at radius 1 is 1.14 bits per heavy atom. The highest BCUT2D eigenvalue weighted by Gasteiger charge is 2.42. The Kier molecular flexibility index (Phi) is 6.63. The van der Waals surface area contributed by atoms with E-state index in [4.69, 9.17) is 21.1 Å². The minimum absolute atomic E-state index is 0.0210. The minimum Gasteiger partial charge on any atom is -0.507 e. The number of aromatic amines is 1. The Hall–Kier alpha value is -4.23. The summed E-state index contributed by atoms with van der Waals surface area (Å²) >= 11 is 6.25. The van der Waals surface area contributed by atoms with Crippen LogP contribution >= 0.6 is 11.6 Å². The molecule has 7 nitrogen and oxygen atoms in total. The molecule has 2 heterocycles. The van der Waals surface area contributed by atoms with Crippen LogP contribution in [0.15, 0.2) is 73.3 Å². The van der Waals surface area contributed by atoms with Crippen LogP contribution in [-0.4, -0.2) is 39.8 Å². The van der Waals surface area contributed by atoms with Crippen LogP contribution in [0.25, 0.3) is 11.3 Å². The SMILES string of the molecule is C=CCOc1ccc(C2c3c(-c4cc(Cl)ccc4O)n[nH]c3C(=O)N2Cc2ccc(C)cc2)cc1OC. The molecular formula is C29H26ClN3O4. The maximum Gasteiger partial charge on any atom is 0.273 e. The predicted molar refractivity (Wildman–Crippen MR) is 142 cm³/mol. The quantitative estimate of drug-likeness (QED) is 0.278. The first-order valence-electron chi connectivity index (χ1n) is 11.8. The molecule has 0 saturated carbocycles. The number of methoxy groups -OCH3 is 1. The van der Waals surface area contributed by atoms with Crippen LogP contribution in [0.1, 0.15) is 38.8 Å². The van der Waals surface area contributed by atoms with Crippen molar-refractivity contribution in [2.24, 2.45) is 0 Å². The molecule has 0 bridgehead atoms. The van der Waals surface area contributed by atoms with Gasteiger partial charge in [0.05, 0.1) is 13.2 Å². The van der Waals surface area contributed by atoms with E-state index in [1.54, 1.807) is 30.2 Å². The van der Waals surface area contributed by atoms with Gasteiger partial charge in [0.25, 0.3) is 5.91 Å². The lowest BCUT2D eigenvalue weighted by molar-refractivity contribution is 0.0730. The summed E-state index contributed by atoms with van der Waals surface area (Å²) in [6.45, 7) is 6.43. The minimum atomic E-state index is -0.502. The number of carbonyl (C=O) groups excluding carboxylic acids is 1. The number of benzene rings is 3. The van der Waals surface area contributed by atoms with Crippen LogP contribution < -0.4 is 9.47 Å². The van der Waals surface area contributed by atoms with Gasteiger partial charge >= 0.3 is 0 Å². The zero-order chi connectivity index (χ0) is 26.1. The second-order valence-corrected chi connectivity index (χ2v) is 9.29. The van der Waals surface area contributed by atoms with Gasteiger partial charge in [-0.15, -0.1) is 0 Å². The highest BCUT2D eigenvalue weighted by atomic mass is 35.5. The molecule has 8 heteroatoms. The number of nitrogens with zero attached hydrogens (tertiary/aromatic N) is 2. The molecule has 4 aromatic rings. The van der Waals surface area contributed by atoms with Crippen LogP contribution in [-0.2, 0) is 6.54 Å². The lowest BCUT2D eigenvalue weighted by Crippen LogP contribution is -2.29. The lowest BCUT2D eigenvalue weighted by atomic mass is 9.95. The number of halogens is 1. The van der Waals surface area contributed by atoms with E-state index in [0.717, 1.165) is 16.7 Å². The summed E-state index contributed by atoms with van der Waals surface area (Å²) in [5.41, 5.74) is 4.89. The molecule has 2 N–H and O–H groups in total. The van der Waals surface area contributed by atoms with Crippen molar-refractivity contribution in [1.82, 2.24) is 15.1 Å². The number of ether oxygens (including phenoxy) is 2. The summed E-state index contributed by atoms with van der Waals surface area (Å²) in [5.74, 6) is 0.936. The number of carbonyl (C=O) groups is 1. The first-order chi connectivity index (χ1) is 17.9. The molecule has 0 radical (unpaired) electrons. The smallest absolute Gasteiger partial charge is 0.273 e. The molecule has 1 unspecified atom stereocenters. The molecule has 1 atom stereocenters. The fourth-order valence-corrected chi connectivity index (χ4v) is 4.79. The van der Waals surface area contributed by atoms with Gasteiger partial charge in [-0.1, -0.05) is 60.2 Å². The molecule has 0 aliphatic carbocycles. The van der Waals surface area contributed by atoms with Gasteiger partial charge in [0.15, 0.2) is 11.5 Å². The van der Waals surface area contributed by atoms with E-state index in [0.29, 0.717) is 52.2 Å². The Labute approximate surface area is 219 Å². The molecule has 37 heavy (non-hydrogen) atoms. The third kappa shape index (κ3) is 4.54. The number of rotatable bonds is 8. The number of hydrogen-bond donors (Lipinski definition) is 2. The van der Waals surface area contributed by atoms with E-state index in [-0.39, 0.29) is 11.7 Å². The van der Waals surface area contributed by atoms with Crippen LogP contribution in [0.3, 0.4) is 0 Å². The van der Waals surface area contributed by atoms with Crippen molar-refractivity contribution in [3.05, 3.63) is 106 Å². The van der Waals surface area contributed by atoms with E-state index < -0.39 is 6.04 Å². The van der Waals surface area contributed by atoms with Gasteiger partial charge < -0.3 is 19.5 Å². The number of phenolic OH excluding ortho intramolecular Hbond substituents is 1. The number of H-pyrrole nitrogens is 1. The number of aryl methyl sites for hydroxylation is 1. The van der Waals surface area contributed by atoms with Gasteiger partial charge in [-0.2, -0.15) is 5.10 Å². The van der Waals surface area contributed by atoms with Crippen LogP contribution in [0, 0.1) is 6.92 Å². The van der Waals surface area contributed by atoms with Crippen molar-refractivity contribution in [3.63, 3.8) is 0 Å². The molecule has 5 rings (SSSR count). The molecule has 1 amide bonds. The average molecular weight is 516 g/mol. The topological polar surface area (TPSA) is 87.7 Å². The molecule has 1 aliphatic rings. The first kappa shape index (κ1) is 24.5. The maximum absolute atomic E-state index is 13.7. The highest BCUT2D eigenvalue weighted by Crippen LogP contribution is 2.46. The molecule has 0 fully saturated rings. The van der Waals surface area contributed by atoms with E-state index in [2.05, 4.69) is 16.8 Å². The summed E-state index contributed by atoms with van der Waals surface area (Å²) < 4.78 is 11.3. The predicted octanol–water partition coefficient (Wildman–Crippen LogP) is 6.06. The van der Waals surface area contributed by atoms with E-state index in [1.807, 2.05) is 49.4 Å². The van der Waals surface area contributed by atoms with E-state index in [1.165, 1.54) is 6.07 Å². The monoisotopic (exact) mass is 515 g/mol. The van der Waals surface area contributed by atoms with Crippen molar-refractivity contribution in [3.8, 4) is 28.5 Å². The lowest BCUT2D eigenvalue weighted by Gasteiger charge is -2.27. The molecule has 0 saturated heterocycles.